The van der Waals surface area contributed by atoms with Crippen LogP contribution in [0.2, 0.25) is 5.02 Å². The van der Waals surface area contributed by atoms with Gasteiger partial charge in [0, 0.05) is 5.02 Å². The molecular weight excluding hydrogens is 347 g/mol. The standard InChI is InChI=1S/C9H8ClF3.C8H17N.C3H8/c1-2-6-5-7(10)3-4-8(6)9(11,12)13;1-3-7(2)8-4-5-9-6-8;1-3-2/h3-5H,2H2,1H3;7-9H,3-6H2,1-2H3;3H2,1-2H3. The first-order valence-corrected chi connectivity index (χ1v) is 9.65. The Hall–Kier alpha value is -0.740. The zero-order valence-electron chi connectivity index (χ0n) is 16.1. The summed E-state index contributed by atoms with van der Waals surface area (Å²) in [5.41, 5.74) is -0.362. The quantitative estimate of drug-likeness (QED) is 0.597. The molecule has 0 aliphatic carbocycles. The first-order valence-electron chi connectivity index (χ1n) is 9.27. The molecule has 0 radical (unpaired) electrons. The van der Waals surface area contributed by atoms with Crippen LogP contribution >= 0.6 is 11.6 Å². The molecule has 0 saturated carbocycles. The van der Waals surface area contributed by atoms with E-state index in [9.17, 15) is 13.2 Å². The van der Waals surface area contributed by atoms with E-state index in [2.05, 4.69) is 33.0 Å². The lowest BCUT2D eigenvalue weighted by atomic mass is 9.91. The fourth-order valence-corrected chi connectivity index (χ4v) is 2.82. The van der Waals surface area contributed by atoms with Gasteiger partial charge in [0.25, 0.3) is 0 Å². The van der Waals surface area contributed by atoms with Crippen molar-refractivity contribution in [3.8, 4) is 0 Å². The van der Waals surface area contributed by atoms with E-state index in [1.807, 2.05) is 0 Å². The van der Waals surface area contributed by atoms with Gasteiger partial charge in [-0.15, -0.1) is 0 Å². The van der Waals surface area contributed by atoms with Gasteiger partial charge in [-0.1, -0.05) is 59.1 Å². The smallest absolute Gasteiger partial charge is 0.316 e. The van der Waals surface area contributed by atoms with Crippen LogP contribution in [-0.4, -0.2) is 13.1 Å². The molecule has 0 aromatic heterocycles. The SMILES string of the molecule is CCC.CCC(C)C1CCNC1.CCc1cc(Cl)ccc1C(F)(F)F. The summed E-state index contributed by atoms with van der Waals surface area (Å²) in [6.07, 6.45) is 0.0344. The summed E-state index contributed by atoms with van der Waals surface area (Å²) in [7, 11) is 0. The second-order valence-electron chi connectivity index (χ2n) is 6.50. The highest BCUT2D eigenvalue weighted by molar-refractivity contribution is 6.30. The van der Waals surface area contributed by atoms with Crippen molar-refractivity contribution in [1.29, 1.82) is 0 Å². The molecule has 25 heavy (non-hydrogen) atoms. The van der Waals surface area contributed by atoms with Crippen LogP contribution in [0.15, 0.2) is 18.2 Å². The maximum Gasteiger partial charge on any atom is 0.416 e. The molecular formula is C20H33ClF3N. The Kier molecular flexibility index (Phi) is 12.2. The molecule has 2 unspecified atom stereocenters. The predicted molar refractivity (Wildman–Crippen MR) is 102 cm³/mol. The number of alkyl halides is 3. The predicted octanol–water partition coefficient (Wildman–Crippen LogP) is 6.98. The van der Waals surface area contributed by atoms with Crippen LogP contribution in [0, 0.1) is 11.8 Å². The Balaban J connectivity index is 0.000000417. The summed E-state index contributed by atoms with van der Waals surface area (Å²) >= 11 is 5.58. The number of hydrogen-bond donors (Lipinski definition) is 1. The summed E-state index contributed by atoms with van der Waals surface area (Å²) in [5, 5.41) is 3.73. The van der Waals surface area contributed by atoms with Gasteiger partial charge in [0.2, 0.25) is 0 Å². The third-order valence-corrected chi connectivity index (χ3v) is 4.54. The molecule has 0 bridgehead atoms. The van der Waals surface area contributed by atoms with Gasteiger partial charge in [0.05, 0.1) is 5.56 Å². The Morgan fingerprint density at radius 1 is 1.20 bits per heavy atom. The fraction of sp³-hybridized carbons (Fsp3) is 0.700. The summed E-state index contributed by atoms with van der Waals surface area (Å²) in [4.78, 5) is 0. The van der Waals surface area contributed by atoms with Crippen LogP contribution < -0.4 is 5.32 Å². The van der Waals surface area contributed by atoms with E-state index < -0.39 is 11.7 Å². The van der Waals surface area contributed by atoms with Crippen LogP contribution in [0.4, 0.5) is 13.2 Å². The van der Waals surface area contributed by atoms with Crippen molar-refractivity contribution in [2.45, 2.75) is 66.5 Å². The molecule has 146 valence electrons. The van der Waals surface area contributed by atoms with Gasteiger partial charge in [-0.2, -0.15) is 13.2 Å². The van der Waals surface area contributed by atoms with Crippen molar-refractivity contribution in [2.24, 2.45) is 11.8 Å². The van der Waals surface area contributed by atoms with Gasteiger partial charge in [0.15, 0.2) is 0 Å². The Morgan fingerprint density at radius 2 is 1.80 bits per heavy atom. The summed E-state index contributed by atoms with van der Waals surface area (Å²) in [5.74, 6) is 1.90. The minimum Gasteiger partial charge on any atom is -0.316 e. The van der Waals surface area contributed by atoms with Crippen LogP contribution in [-0.2, 0) is 12.6 Å². The largest absolute Gasteiger partial charge is 0.416 e. The van der Waals surface area contributed by atoms with E-state index in [4.69, 9.17) is 11.6 Å². The zero-order chi connectivity index (χ0) is 19.5. The molecule has 0 spiro atoms. The molecule has 1 aliphatic heterocycles. The Morgan fingerprint density at radius 3 is 2.20 bits per heavy atom. The Bertz CT molecular complexity index is 468. The van der Waals surface area contributed by atoms with E-state index in [0.717, 1.165) is 17.9 Å². The lowest BCUT2D eigenvalue weighted by molar-refractivity contribution is -0.138. The van der Waals surface area contributed by atoms with Gasteiger partial charge in [-0.3, -0.25) is 0 Å². The van der Waals surface area contributed by atoms with E-state index in [0.29, 0.717) is 11.4 Å². The molecule has 1 nitrogen and oxygen atoms in total. The number of benzene rings is 1. The average Bonchev–Trinajstić information content (AvgIpc) is 3.08. The molecule has 2 rings (SSSR count). The van der Waals surface area contributed by atoms with Crippen molar-refractivity contribution in [3.05, 3.63) is 34.3 Å². The van der Waals surface area contributed by atoms with Crippen LogP contribution in [0.5, 0.6) is 0 Å². The molecule has 1 N–H and O–H groups in total. The van der Waals surface area contributed by atoms with Gasteiger partial charge in [0.1, 0.15) is 0 Å². The first-order chi connectivity index (χ1) is 11.7. The number of hydrogen-bond acceptors (Lipinski definition) is 1. The summed E-state index contributed by atoms with van der Waals surface area (Å²) in [6.45, 7) is 13.1. The zero-order valence-corrected chi connectivity index (χ0v) is 16.9. The normalized spacial score (nSPS) is 17.9. The highest BCUT2D eigenvalue weighted by Gasteiger charge is 2.32. The highest BCUT2D eigenvalue weighted by atomic mass is 35.5. The topological polar surface area (TPSA) is 12.0 Å². The number of rotatable bonds is 3. The van der Waals surface area contributed by atoms with Crippen molar-refractivity contribution >= 4 is 11.6 Å². The number of aryl methyl sites for hydroxylation is 1. The monoisotopic (exact) mass is 379 g/mol. The van der Waals surface area contributed by atoms with Gasteiger partial charge < -0.3 is 5.32 Å². The maximum atomic E-state index is 12.3. The Labute approximate surface area is 156 Å². The van der Waals surface area contributed by atoms with Crippen LogP contribution in [0.1, 0.15) is 65.0 Å². The van der Waals surface area contributed by atoms with Gasteiger partial charge in [-0.25, -0.2) is 0 Å². The van der Waals surface area contributed by atoms with Crippen molar-refractivity contribution < 1.29 is 13.2 Å². The second kappa shape index (κ2) is 12.6. The molecule has 0 amide bonds. The van der Waals surface area contributed by atoms with E-state index in [1.165, 1.54) is 44.5 Å². The van der Waals surface area contributed by atoms with Crippen molar-refractivity contribution in [1.82, 2.24) is 5.32 Å². The average molecular weight is 380 g/mol. The van der Waals surface area contributed by atoms with Crippen molar-refractivity contribution in [2.75, 3.05) is 13.1 Å². The van der Waals surface area contributed by atoms with Crippen LogP contribution in [0.25, 0.3) is 0 Å². The van der Waals surface area contributed by atoms with E-state index in [-0.39, 0.29) is 5.56 Å². The third kappa shape index (κ3) is 9.50. The van der Waals surface area contributed by atoms with Crippen molar-refractivity contribution in [3.63, 3.8) is 0 Å². The minimum absolute atomic E-state index is 0.236. The molecule has 1 aromatic carbocycles. The fourth-order valence-electron chi connectivity index (χ4n) is 2.63. The van der Waals surface area contributed by atoms with Gasteiger partial charge >= 0.3 is 6.18 Å². The summed E-state index contributed by atoms with van der Waals surface area (Å²) in [6, 6.07) is 3.62. The lowest BCUT2D eigenvalue weighted by Gasteiger charge is -2.14. The van der Waals surface area contributed by atoms with E-state index >= 15 is 0 Å². The molecule has 1 aromatic rings. The molecule has 5 heteroatoms. The lowest BCUT2D eigenvalue weighted by Crippen LogP contribution is -2.14. The van der Waals surface area contributed by atoms with Gasteiger partial charge in [-0.05, 0) is 61.5 Å². The van der Waals surface area contributed by atoms with E-state index in [1.54, 1.807) is 6.92 Å². The number of halogens is 4. The first kappa shape index (κ1) is 24.3. The highest BCUT2D eigenvalue weighted by Crippen LogP contribution is 2.33. The molecule has 1 saturated heterocycles. The third-order valence-electron chi connectivity index (χ3n) is 4.30. The molecule has 1 aliphatic rings. The van der Waals surface area contributed by atoms with Crippen LogP contribution in [0.3, 0.4) is 0 Å². The molecule has 1 heterocycles. The summed E-state index contributed by atoms with van der Waals surface area (Å²) < 4.78 is 37.0. The minimum atomic E-state index is -4.28. The molecule has 2 atom stereocenters. The number of nitrogens with one attached hydrogen (secondary N) is 1. The maximum absolute atomic E-state index is 12.3. The molecule has 1 fully saturated rings. The second-order valence-corrected chi connectivity index (χ2v) is 6.93.